The first kappa shape index (κ1) is 29.4. The monoisotopic (exact) mass is 620 g/mol. The van der Waals surface area contributed by atoms with E-state index in [1.165, 1.54) is 76.4 Å². The van der Waals surface area contributed by atoms with Crippen molar-refractivity contribution in [3.05, 3.63) is 179 Å². The predicted octanol–water partition coefficient (Wildman–Crippen LogP) is 9.44. The van der Waals surface area contributed by atoms with Crippen LogP contribution in [0.25, 0.3) is 34.4 Å². The van der Waals surface area contributed by atoms with Gasteiger partial charge in [0, 0.05) is 11.8 Å². The van der Waals surface area contributed by atoms with Crippen LogP contribution < -0.4 is 20.7 Å². The molecule has 0 saturated heterocycles. The lowest BCUT2D eigenvalue weighted by Gasteiger charge is -2.39. The lowest BCUT2D eigenvalue weighted by molar-refractivity contribution is 0.925. The van der Waals surface area contributed by atoms with Crippen molar-refractivity contribution >= 4 is 41.0 Å². The van der Waals surface area contributed by atoms with Gasteiger partial charge in [-0.1, -0.05) is 183 Å². The van der Waals surface area contributed by atoms with E-state index in [-0.39, 0.29) is 0 Å². The molecule has 0 spiro atoms. The molecule has 0 radical (unpaired) electrons. The summed E-state index contributed by atoms with van der Waals surface area (Å²) in [6.07, 6.45) is 4.94. The molecule has 2 unspecified atom stereocenters. The maximum Gasteiger partial charge on any atom is 0.180 e. The Morgan fingerprint density at radius 3 is 1.11 bits per heavy atom. The zero-order valence-corrected chi connectivity index (χ0v) is 28.7. The van der Waals surface area contributed by atoms with Gasteiger partial charge in [0.2, 0.25) is 0 Å². The average molecular weight is 621 g/mol. The molecular weight excluding hydrogens is 581 g/mol. The van der Waals surface area contributed by atoms with Crippen molar-refractivity contribution in [2.45, 2.75) is 39.5 Å². The molecule has 0 heterocycles. The molecule has 6 aromatic rings. The highest BCUT2D eigenvalue weighted by Crippen LogP contribution is 2.43. The Morgan fingerprint density at radius 1 is 0.404 bits per heavy atom. The van der Waals surface area contributed by atoms with E-state index in [9.17, 15) is 0 Å². The largest absolute Gasteiger partial charge is 0.180 e. The smallest absolute Gasteiger partial charge is 0.0655 e. The fraction of sp³-hybridized carbons (Fsp3) is 0.130. The Morgan fingerprint density at radius 2 is 0.745 bits per heavy atom. The molecule has 0 bridgehead atoms. The van der Waals surface area contributed by atoms with Gasteiger partial charge in [-0.15, -0.1) is 0 Å². The summed E-state index contributed by atoms with van der Waals surface area (Å²) in [7, 11) is -2.87. The maximum atomic E-state index is 2.52. The van der Waals surface area contributed by atoms with Gasteiger partial charge >= 0.3 is 0 Å². The third-order valence-electron chi connectivity index (χ3n) is 10.9. The van der Waals surface area contributed by atoms with E-state index >= 15 is 0 Å². The van der Waals surface area contributed by atoms with Gasteiger partial charge in [-0.05, 0) is 79.1 Å². The van der Waals surface area contributed by atoms with Crippen LogP contribution in [0.1, 0.15) is 61.8 Å². The minimum Gasteiger partial charge on any atom is -0.0655 e. The topological polar surface area (TPSA) is 0 Å². The normalized spacial score (nSPS) is 16.8. The highest BCUT2D eigenvalue weighted by atomic mass is 28.3. The van der Waals surface area contributed by atoms with Crippen LogP contribution in [0.4, 0.5) is 0 Å². The summed E-state index contributed by atoms with van der Waals surface area (Å²) < 4.78 is 0. The van der Waals surface area contributed by atoms with E-state index in [1.807, 2.05) is 0 Å². The molecule has 0 nitrogen and oxygen atoms in total. The molecule has 47 heavy (non-hydrogen) atoms. The number of hydrogen-bond acceptors (Lipinski definition) is 0. The van der Waals surface area contributed by atoms with E-state index in [1.54, 1.807) is 0 Å². The van der Waals surface area contributed by atoms with E-state index in [0.29, 0.717) is 11.8 Å². The van der Waals surface area contributed by atoms with Gasteiger partial charge in [0.05, 0.1) is 0 Å². The third kappa shape index (κ3) is 4.56. The summed E-state index contributed by atoms with van der Waals surface area (Å²) in [6.45, 7) is 9.48. The Kier molecular flexibility index (Phi) is 7.31. The van der Waals surface area contributed by atoms with E-state index < -0.39 is 8.07 Å². The van der Waals surface area contributed by atoms with Crippen molar-refractivity contribution in [1.29, 1.82) is 0 Å². The summed E-state index contributed by atoms with van der Waals surface area (Å²) in [6, 6.07) is 54.7. The molecule has 0 aliphatic heterocycles. The van der Waals surface area contributed by atoms with Crippen LogP contribution in [-0.4, -0.2) is 8.07 Å². The number of rotatable bonds is 6. The lowest BCUT2D eigenvalue weighted by Crippen LogP contribution is -2.76. The van der Waals surface area contributed by atoms with Gasteiger partial charge in [-0.2, -0.15) is 0 Å². The minimum atomic E-state index is -2.87. The molecule has 0 fully saturated rings. The van der Waals surface area contributed by atoms with Crippen molar-refractivity contribution < 1.29 is 0 Å². The van der Waals surface area contributed by atoms with Crippen molar-refractivity contribution in [2.75, 3.05) is 0 Å². The molecule has 0 N–H and O–H groups in total. The van der Waals surface area contributed by atoms with Crippen LogP contribution in [0, 0.1) is 0 Å². The van der Waals surface area contributed by atoms with Gasteiger partial charge in [-0.3, -0.25) is 0 Å². The third-order valence-corrected chi connectivity index (χ3v) is 15.8. The van der Waals surface area contributed by atoms with Crippen LogP contribution in [-0.2, 0) is 0 Å². The first-order valence-electron chi connectivity index (χ1n) is 16.9. The van der Waals surface area contributed by atoms with Gasteiger partial charge in [0.15, 0.2) is 8.07 Å². The SMILES string of the molecule is CC1=Cc2c(-c3ccccc3)ccc([Si](c3ccccc3)(c3ccccc3)c3ccc(-c4ccccc4)c4c3C(C)C(C)=C4)c2C1C. The van der Waals surface area contributed by atoms with Crippen LogP contribution >= 0.6 is 0 Å². The lowest BCUT2D eigenvalue weighted by atomic mass is 9.93. The Bertz CT molecular complexity index is 2000. The molecule has 2 aliphatic rings. The molecule has 2 atom stereocenters. The van der Waals surface area contributed by atoms with Crippen LogP contribution in [0.5, 0.6) is 0 Å². The second-order valence-corrected chi connectivity index (χ2v) is 17.1. The fourth-order valence-corrected chi connectivity index (χ4v) is 13.8. The Balaban J connectivity index is 1.53. The zero-order valence-electron chi connectivity index (χ0n) is 27.7. The summed E-state index contributed by atoms with van der Waals surface area (Å²) in [5, 5.41) is 5.89. The van der Waals surface area contributed by atoms with Crippen LogP contribution in [0.15, 0.2) is 157 Å². The summed E-state index contributed by atoms with van der Waals surface area (Å²) >= 11 is 0. The van der Waals surface area contributed by atoms with Crippen molar-refractivity contribution in [2.24, 2.45) is 0 Å². The fourth-order valence-electron chi connectivity index (χ4n) is 8.38. The molecular formula is C46H40Si. The summed E-state index contributed by atoms with van der Waals surface area (Å²) in [5.74, 6) is 0.661. The first-order valence-corrected chi connectivity index (χ1v) is 18.9. The number of fused-ring (bicyclic) bond motifs is 2. The van der Waals surface area contributed by atoms with Crippen molar-refractivity contribution in [1.82, 2.24) is 0 Å². The van der Waals surface area contributed by atoms with E-state index in [2.05, 4.69) is 185 Å². The molecule has 0 saturated carbocycles. The molecule has 228 valence electrons. The number of hydrogen-bond donors (Lipinski definition) is 0. The quantitative estimate of drug-likeness (QED) is 0.129. The molecule has 1 heteroatoms. The molecule has 8 rings (SSSR count). The second kappa shape index (κ2) is 11.7. The van der Waals surface area contributed by atoms with E-state index in [4.69, 9.17) is 0 Å². The minimum absolute atomic E-state index is 0.330. The van der Waals surface area contributed by atoms with Crippen LogP contribution in [0.2, 0.25) is 0 Å². The Hall–Kier alpha value is -4.98. The number of allylic oxidation sites excluding steroid dienone is 2. The van der Waals surface area contributed by atoms with Gasteiger partial charge in [0.25, 0.3) is 0 Å². The molecule has 2 aliphatic carbocycles. The van der Waals surface area contributed by atoms with Crippen molar-refractivity contribution in [3.63, 3.8) is 0 Å². The Labute approximate surface area is 280 Å². The highest BCUT2D eigenvalue weighted by Gasteiger charge is 2.47. The van der Waals surface area contributed by atoms with Gasteiger partial charge < -0.3 is 0 Å². The maximum absolute atomic E-state index is 2.87. The van der Waals surface area contributed by atoms with Gasteiger partial charge in [-0.25, -0.2) is 0 Å². The van der Waals surface area contributed by atoms with Crippen LogP contribution in [0.3, 0.4) is 0 Å². The molecule has 0 aromatic heterocycles. The molecule has 6 aromatic carbocycles. The zero-order chi connectivity index (χ0) is 32.1. The van der Waals surface area contributed by atoms with Gasteiger partial charge in [0.1, 0.15) is 0 Å². The van der Waals surface area contributed by atoms with Crippen molar-refractivity contribution in [3.8, 4) is 22.3 Å². The summed E-state index contributed by atoms with van der Waals surface area (Å²) in [4.78, 5) is 0. The second-order valence-electron chi connectivity index (χ2n) is 13.4. The predicted molar refractivity (Wildman–Crippen MR) is 205 cm³/mol. The first-order chi connectivity index (χ1) is 23.0. The summed E-state index contributed by atoms with van der Waals surface area (Å²) in [5.41, 5.74) is 13.9. The average Bonchev–Trinajstić information content (AvgIpc) is 3.60. The number of benzene rings is 6. The standard InChI is InChI=1S/C46H40Si/c1-31-29-41-39(35-17-9-5-10-18-35)25-27-43(45(41)33(31)3)47(37-21-13-7-14-22-37,38-23-15-8-16-24-38)44-28-26-40(36-19-11-6-12-20-36)42-30-32(2)34(4)46(42)44/h5-30,33-34H,1-4H3. The van der Waals surface area contributed by atoms with E-state index in [0.717, 1.165) is 0 Å². The molecule has 0 amide bonds. The highest BCUT2D eigenvalue weighted by molar-refractivity contribution is 7.20.